The molecule has 1 heterocycles. The highest BCUT2D eigenvalue weighted by atomic mass is 15.0. The van der Waals surface area contributed by atoms with E-state index in [0.29, 0.717) is 0 Å². The van der Waals surface area contributed by atoms with Gasteiger partial charge in [0.05, 0.1) is 11.0 Å². The first-order chi connectivity index (χ1) is 6.75. The van der Waals surface area contributed by atoms with Gasteiger partial charge < -0.3 is 9.88 Å². The van der Waals surface area contributed by atoms with E-state index in [1.54, 1.807) is 0 Å². The Kier molecular flexibility index (Phi) is 2.23. The molecule has 3 heteroatoms. The van der Waals surface area contributed by atoms with Crippen LogP contribution in [0, 0.1) is 0 Å². The largest absolute Gasteiger partial charge is 0.383 e. The van der Waals surface area contributed by atoms with Crippen molar-refractivity contribution in [2.45, 2.75) is 0 Å². The van der Waals surface area contributed by atoms with Crippen LogP contribution in [-0.2, 0) is 0 Å². The van der Waals surface area contributed by atoms with Gasteiger partial charge in [0, 0.05) is 20.3 Å². The van der Waals surface area contributed by atoms with Gasteiger partial charge in [0.25, 0.3) is 0 Å². The highest BCUT2D eigenvalue weighted by Crippen LogP contribution is 2.10. The van der Waals surface area contributed by atoms with Crippen molar-refractivity contribution in [1.82, 2.24) is 14.9 Å². The molecule has 2 aromatic rings. The van der Waals surface area contributed by atoms with Crippen molar-refractivity contribution in [3.63, 3.8) is 0 Å². The number of nitrogens with one attached hydrogen (secondary N) is 1. The molecule has 0 saturated carbocycles. The van der Waals surface area contributed by atoms with Crippen LogP contribution in [0.3, 0.4) is 0 Å². The molecule has 1 N–H and O–H groups in total. The van der Waals surface area contributed by atoms with E-state index in [1.165, 1.54) is 0 Å². The Hall–Kier alpha value is -1.77. The number of fused-ring (bicyclic) bond motifs is 1. The van der Waals surface area contributed by atoms with Crippen LogP contribution >= 0.6 is 0 Å². The van der Waals surface area contributed by atoms with E-state index in [1.807, 2.05) is 55.5 Å². The van der Waals surface area contributed by atoms with Crippen LogP contribution in [-0.4, -0.2) is 29.0 Å². The Morgan fingerprint density at radius 3 is 2.79 bits per heavy atom. The molecule has 1 aromatic carbocycles. The number of rotatable bonds is 2. The fourth-order valence-electron chi connectivity index (χ4n) is 1.27. The van der Waals surface area contributed by atoms with Gasteiger partial charge in [-0.1, -0.05) is 12.1 Å². The molecule has 0 spiro atoms. The third-order valence-corrected chi connectivity index (χ3v) is 1.94. The Labute approximate surface area is 83.1 Å². The fraction of sp³-hybridized carbons (Fsp3) is 0.182. The molecule has 72 valence electrons. The molecule has 14 heavy (non-hydrogen) atoms. The van der Waals surface area contributed by atoms with Gasteiger partial charge in [-0.2, -0.15) is 0 Å². The monoisotopic (exact) mass is 187 g/mol. The first-order valence-corrected chi connectivity index (χ1v) is 4.55. The molecule has 0 saturated heterocycles. The van der Waals surface area contributed by atoms with Crippen molar-refractivity contribution in [1.29, 1.82) is 0 Å². The quantitative estimate of drug-likeness (QED) is 0.780. The Balaban J connectivity index is 2.36. The summed E-state index contributed by atoms with van der Waals surface area (Å²) in [7, 11) is 3.97. The van der Waals surface area contributed by atoms with Crippen LogP contribution in [0.15, 0.2) is 30.5 Å². The van der Waals surface area contributed by atoms with Gasteiger partial charge in [-0.15, -0.1) is 0 Å². The summed E-state index contributed by atoms with van der Waals surface area (Å²) in [5, 5.41) is 0. The Morgan fingerprint density at radius 1 is 1.29 bits per heavy atom. The van der Waals surface area contributed by atoms with E-state index in [4.69, 9.17) is 0 Å². The highest BCUT2D eigenvalue weighted by molar-refractivity contribution is 5.76. The summed E-state index contributed by atoms with van der Waals surface area (Å²) in [6.45, 7) is 0. The van der Waals surface area contributed by atoms with Gasteiger partial charge in [0.1, 0.15) is 5.82 Å². The molecule has 1 aromatic heterocycles. The lowest BCUT2D eigenvalue weighted by Gasteiger charge is -2.01. The van der Waals surface area contributed by atoms with E-state index < -0.39 is 0 Å². The van der Waals surface area contributed by atoms with Gasteiger partial charge in [-0.25, -0.2) is 4.98 Å². The summed E-state index contributed by atoms with van der Waals surface area (Å²) in [5.74, 6) is 0.889. The number of nitrogens with zero attached hydrogens (tertiary/aromatic N) is 2. The maximum atomic E-state index is 4.42. The number of hydrogen-bond acceptors (Lipinski definition) is 2. The summed E-state index contributed by atoms with van der Waals surface area (Å²) in [5.41, 5.74) is 2.08. The van der Waals surface area contributed by atoms with Crippen molar-refractivity contribution in [3.8, 4) is 0 Å². The second kappa shape index (κ2) is 3.54. The minimum absolute atomic E-state index is 0.889. The molecule has 0 amide bonds. The summed E-state index contributed by atoms with van der Waals surface area (Å²) in [6.07, 6.45) is 3.93. The minimum Gasteiger partial charge on any atom is -0.383 e. The average Bonchev–Trinajstić information content (AvgIpc) is 2.57. The highest BCUT2D eigenvalue weighted by Gasteiger charge is 1.97. The minimum atomic E-state index is 0.889. The van der Waals surface area contributed by atoms with Crippen molar-refractivity contribution in [2.24, 2.45) is 0 Å². The third kappa shape index (κ3) is 1.76. The van der Waals surface area contributed by atoms with E-state index in [2.05, 4.69) is 9.97 Å². The topological polar surface area (TPSA) is 31.9 Å². The molecule has 0 aliphatic carbocycles. The van der Waals surface area contributed by atoms with Crippen LogP contribution in [0.2, 0.25) is 0 Å². The number of hydrogen-bond donors (Lipinski definition) is 1. The molecule has 3 nitrogen and oxygen atoms in total. The van der Waals surface area contributed by atoms with Crippen LogP contribution < -0.4 is 0 Å². The molecule has 2 rings (SSSR count). The zero-order valence-electron chi connectivity index (χ0n) is 8.36. The number of aromatic nitrogens is 2. The number of H-pyrrole nitrogens is 1. The molecule has 0 unspecified atom stereocenters. The number of para-hydroxylation sites is 2. The molecule has 0 radical (unpaired) electrons. The molecule has 0 aliphatic rings. The molecular formula is C11H13N3. The van der Waals surface area contributed by atoms with Crippen LogP contribution in [0.4, 0.5) is 0 Å². The van der Waals surface area contributed by atoms with Crippen molar-refractivity contribution >= 4 is 17.1 Å². The SMILES string of the molecule is CN(C)C=Cc1nc2ccccc2[nH]1. The first kappa shape index (κ1) is 8.81. The van der Waals surface area contributed by atoms with Gasteiger partial charge in [0.15, 0.2) is 0 Å². The van der Waals surface area contributed by atoms with E-state index in [-0.39, 0.29) is 0 Å². The zero-order valence-corrected chi connectivity index (χ0v) is 8.36. The third-order valence-electron chi connectivity index (χ3n) is 1.94. The van der Waals surface area contributed by atoms with E-state index in [0.717, 1.165) is 16.9 Å². The normalized spacial score (nSPS) is 11.3. The summed E-state index contributed by atoms with van der Waals surface area (Å²) < 4.78 is 0. The molecule has 0 bridgehead atoms. The lowest BCUT2D eigenvalue weighted by molar-refractivity contribution is 0.567. The van der Waals surface area contributed by atoms with Crippen LogP contribution in [0.25, 0.3) is 17.1 Å². The van der Waals surface area contributed by atoms with Crippen molar-refractivity contribution in [2.75, 3.05) is 14.1 Å². The van der Waals surface area contributed by atoms with Gasteiger partial charge in [0.2, 0.25) is 0 Å². The molecule has 0 fully saturated rings. The van der Waals surface area contributed by atoms with E-state index >= 15 is 0 Å². The average molecular weight is 187 g/mol. The maximum absolute atomic E-state index is 4.42. The molecule has 0 aliphatic heterocycles. The summed E-state index contributed by atoms with van der Waals surface area (Å²) in [4.78, 5) is 9.62. The predicted molar refractivity (Wildman–Crippen MR) is 58.8 cm³/mol. The molecule has 0 atom stereocenters. The number of imidazole rings is 1. The second-order valence-electron chi connectivity index (χ2n) is 3.42. The lowest BCUT2D eigenvalue weighted by atomic mass is 10.3. The van der Waals surface area contributed by atoms with Gasteiger partial charge >= 0.3 is 0 Å². The first-order valence-electron chi connectivity index (χ1n) is 4.55. The summed E-state index contributed by atoms with van der Waals surface area (Å²) in [6, 6.07) is 8.01. The van der Waals surface area contributed by atoms with Gasteiger partial charge in [-0.05, 0) is 18.2 Å². The smallest absolute Gasteiger partial charge is 0.132 e. The number of benzene rings is 1. The van der Waals surface area contributed by atoms with Gasteiger partial charge in [-0.3, -0.25) is 0 Å². The predicted octanol–water partition coefficient (Wildman–Crippen LogP) is 2.10. The Morgan fingerprint density at radius 2 is 2.07 bits per heavy atom. The van der Waals surface area contributed by atoms with Crippen LogP contribution in [0.5, 0.6) is 0 Å². The lowest BCUT2D eigenvalue weighted by Crippen LogP contribution is -1.99. The molecular weight excluding hydrogens is 174 g/mol. The fourth-order valence-corrected chi connectivity index (χ4v) is 1.27. The van der Waals surface area contributed by atoms with Crippen molar-refractivity contribution in [3.05, 3.63) is 36.3 Å². The second-order valence-corrected chi connectivity index (χ2v) is 3.42. The summed E-state index contributed by atoms with van der Waals surface area (Å²) >= 11 is 0. The van der Waals surface area contributed by atoms with E-state index in [9.17, 15) is 0 Å². The van der Waals surface area contributed by atoms with Crippen molar-refractivity contribution < 1.29 is 0 Å². The maximum Gasteiger partial charge on any atom is 0.132 e. The standard InChI is InChI=1S/C11H13N3/c1-14(2)8-7-11-12-9-5-3-4-6-10(9)13-11/h3-8H,1-2H3,(H,12,13). The Bertz CT molecular complexity index is 421. The number of aromatic amines is 1. The zero-order chi connectivity index (χ0) is 9.97. The van der Waals surface area contributed by atoms with Crippen LogP contribution in [0.1, 0.15) is 5.82 Å².